The number of aliphatic carboxylic acids is 2. The van der Waals surface area contributed by atoms with Crippen LogP contribution in [0.2, 0.25) is 0 Å². The molecule has 0 aromatic carbocycles. The highest BCUT2D eigenvalue weighted by Gasteiger charge is 2.54. The lowest BCUT2D eigenvalue weighted by molar-refractivity contribution is -0.150. The zero-order valence-electron chi connectivity index (χ0n) is 16.3. The molecule has 2 amide bonds. The summed E-state index contributed by atoms with van der Waals surface area (Å²) in [6.45, 7) is 3.35. The Kier molecular flexibility index (Phi) is 6.95. The van der Waals surface area contributed by atoms with Crippen molar-refractivity contribution in [2.45, 2.75) is 11.4 Å². The van der Waals surface area contributed by atoms with Gasteiger partial charge >= 0.3 is 11.9 Å². The molecule has 1 aromatic rings. The van der Waals surface area contributed by atoms with Crippen LogP contribution in [-0.2, 0) is 24.0 Å². The Balaban J connectivity index is 1.76. The molecule has 2 aliphatic heterocycles. The van der Waals surface area contributed by atoms with Crippen LogP contribution in [0.15, 0.2) is 46.6 Å². The summed E-state index contributed by atoms with van der Waals surface area (Å²) in [4.78, 5) is 57.7. The summed E-state index contributed by atoms with van der Waals surface area (Å²) in [5.41, 5.74) is 5.71. The van der Waals surface area contributed by atoms with Crippen LogP contribution in [0.5, 0.6) is 0 Å². The predicted molar refractivity (Wildman–Crippen MR) is 116 cm³/mol. The van der Waals surface area contributed by atoms with Gasteiger partial charge in [0.25, 0.3) is 11.8 Å². The van der Waals surface area contributed by atoms with Gasteiger partial charge in [0.15, 0.2) is 10.8 Å². The first-order chi connectivity index (χ1) is 15.2. The van der Waals surface area contributed by atoms with Gasteiger partial charge in [-0.3, -0.25) is 14.5 Å². The lowest BCUT2D eigenvalue weighted by atomic mass is 10.0. The number of carbonyl (C=O) groups is 4. The van der Waals surface area contributed by atoms with E-state index in [9.17, 15) is 24.3 Å². The number of oxime groups is 1. The number of rotatable bonds is 9. The number of nitrogens with one attached hydrogen (secondary N) is 1. The van der Waals surface area contributed by atoms with Gasteiger partial charge in [-0.15, -0.1) is 23.1 Å². The number of nitrogens with two attached hydrogens (primary N) is 1. The number of aromatic nitrogens is 1. The van der Waals surface area contributed by atoms with Gasteiger partial charge in [-0.25, -0.2) is 14.6 Å². The average molecular weight is 479 g/mol. The van der Waals surface area contributed by atoms with E-state index in [4.69, 9.17) is 15.7 Å². The monoisotopic (exact) mass is 479 g/mol. The fourth-order valence-corrected chi connectivity index (χ4v) is 4.79. The summed E-state index contributed by atoms with van der Waals surface area (Å²) >= 11 is 2.35. The molecule has 0 aliphatic carbocycles. The Hall–Kier alpha value is -3.65. The van der Waals surface area contributed by atoms with Gasteiger partial charge in [-0.2, -0.15) is 0 Å². The molecule has 2 atom stereocenters. The maximum absolute atomic E-state index is 12.8. The van der Waals surface area contributed by atoms with Gasteiger partial charge in [-0.05, 0) is 11.6 Å². The summed E-state index contributed by atoms with van der Waals surface area (Å²) in [6.07, 6.45) is 3.42. The summed E-state index contributed by atoms with van der Waals surface area (Å²) in [5, 5.41) is 25.3. The maximum atomic E-state index is 12.8. The maximum Gasteiger partial charge on any atom is 0.352 e. The fraction of sp³-hybridized carbons (Fsp3) is 0.222. The topological polar surface area (TPSA) is 185 Å². The van der Waals surface area contributed by atoms with Gasteiger partial charge < -0.3 is 26.1 Å². The number of thiazole rings is 1. The van der Waals surface area contributed by atoms with Crippen LogP contribution in [0, 0.1) is 0 Å². The lowest BCUT2D eigenvalue weighted by Gasteiger charge is -2.49. The normalized spacial score (nSPS) is 20.6. The largest absolute Gasteiger partial charge is 0.478 e. The summed E-state index contributed by atoms with van der Waals surface area (Å²) in [5.74, 6) is -3.49. The van der Waals surface area contributed by atoms with E-state index in [0.717, 1.165) is 22.3 Å². The highest BCUT2D eigenvalue weighted by atomic mass is 32.2. The number of carbonyl (C=O) groups excluding carboxylic acids is 2. The Morgan fingerprint density at radius 3 is 2.78 bits per heavy atom. The van der Waals surface area contributed by atoms with E-state index < -0.39 is 35.2 Å². The second kappa shape index (κ2) is 9.65. The molecule has 1 saturated heterocycles. The third-order valence-electron chi connectivity index (χ3n) is 4.30. The molecule has 1 fully saturated rings. The minimum absolute atomic E-state index is 0.104. The smallest absolute Gasteiger partial charge is 0.352 e. The van der Waals surface area contributed by atoms with Gasteiger partial charge in [0.2, 0.25) is 0 Å². The third-order valence-corrected chi connectivity index (χ3v) is 6.28. The van der Waals surface area contributed by atoms with Crippen molar-refractivity contribution in [2.24, 2.45) is 5.16 Å². The minimum atomic E-state index is -1.26. The molecule has 32 heavy (non-hydrogen) atoms. The molecule has 0 radical (unpaired) electrons. The van der Waals surface area contributed by atoms with Crippen molar-refractivity contribution in [1.29, 1.82) is 0 Å². The third kappa shape index (κ3) is 4.65. The number of allylic oxidation sites excluding steroid dienone is 1. The second-order valence-electron chi connectivity index (χ2n) is 6.29. The SMILES string of the molecule is C=CC1=C(C(=O)O)N2C(=O)C(NC(=O)/C(=N/OC/C=C/C(=O)O)c3csc(N)n3)[C@H]2SC1. The molecule has 168 valence electrons. The predicted octanol–water partition coefficient (Wildman–Crippen LogP) is 0.0114. The highest BCUT2D eigenvalue weighted by molar-refractivity contribution is 8.00. The van der Waals surface area contributed by atoms with E-state index in [1.54, 1.807) is 0 Å². The summed E-state index contributed by atoms with van der Waals surface area (Å²) in [6, 6.07) is -0.985. The number of anilines is 1. The number of amides is 2. The molecule has 0 saturated carbocycles. The molecule has 12 nitrogen and oxygen atoms in total. The first kappa shape index (κ1) is 23.0. The summed E-state index contributed by atoms with van der Waals surface area (Å²) < 4.78 is 0. The number of hydrogen-bond acceptors (Lipinski definition) is 10. The van der Waals surface area contributed by atoms with E-state index >= 15 is 0 Å². The Morgan fingerprint density at radius 1 is 1.44 bits per heavy atom. The van der Waals surface area contributed by atoms with E-state index in [2.05, 4.69) is 22.0 Å². The molecule has 2 aliphatic rings. The van der Waals surface area contributed by atoms with Crippen LogP contribution in [0.25, 0.3) is 0 Å². The first-order valence-corrected chi connectivity index (χ1v) is 10.8. The van der Waals surface area contributed by atoms with Crippen molar-refractivity contribution in [2.75, 3.05) is 18.1 Å². The molecule has 3 rings (SSSR count). The molecule has 14 heteroatoms. The van der Waals surface area contributed by atoms with Crippen molar-refractivity contribution in [1.82, 2.24) is 15.2 Å². The number of fused-ring (bicyclic) bond motifs is 1. The van der Waals surface area contributed by atoms with Crippen molar-refractivity contribution in [3.63, 3.8) is 0 Å². The molecular weight excluding hydrogens is 462 g/mol. The van der Waals surface area contributed by atoms with Crippen molar-refractivity contribution in [3.8, 4) is 0 Å². The van der Waals surface area contributed by atoms with E-state index in [-0.39, 0.29) is 28.8 Å². The van der Waals surface area contributed by atoms with Gasteiger partial charge in [-0.1, -0.05) is 17.8 Å². The minimum Gasteiger partial charge on any atom is -0.478 e. The number of thioether (sulfide) groups is 1. The van der Waals surface area contributed by atoms with Crippen LogP contribution in [0.3, 0.4) is 0 Å². The number of carboxylic acid groups (broad SMARTS) is 2. The average Bonchev–Trinajstić information content (AvgIpc) is 3.18. The zero-order chi connectivity index (χ0) is 23.4. The number of nitrogen functional groups attached to an aromatic ring is 1. The number of nitrogens with zero attached hydrogens (tertiary/aromatic N) is 3. The molecule has 5 N–H and O–H groups in total. The Morgan fingerprint density at radius 2 is 2.19 bits per heavy atom. The van der Waals surface area contributed by atoms with Crippen LogP contribution >= 0.6 is 23.1 Å². The highest BCUT2D eigenvalue weighted by Crippen LogP contribution is 2.40. The van der Waals surface area contributed by atoms with Crippen molar-refractivity contribution in [3.05, 3.63) is 47.2 Å². The molecule has 1 aromatic heterocycles. The molecule has 0 bridgehead atoms. The van der Waals surface area contributed by atoms with Crippen molar-refractivity contribution < 1.29 is 34.2 Å². The molecular formula is C18H17N5O7S2. The van der Waals surface area contributed by atoms with Crippen molar-refractivity contribution >= 4 is 57.7 Å². The van der Waals surface area contributed by atoms with Gasteiger partial charge in [0.05, 0.1) is 0 Å². The van der Waals surface area contributed by atoms with Gasteiger partial charge in [0, 0.05) is 17.2 Å². The lowest BCUT2D eigenvalue weighted by Crippen LogP contribution is -2.71. The Labute approximate surface area is 189 Å². The first-order valence-electron chi connectivity index (χ1n) is 8.89. The quantitative estimate of drug-likeness (QED) is 0.124. The van der Waals surface area contributed by atoms with Crippen LogP contribution in [-0.4, -0.2) is 73.3 Å². The van der Waals surface area contributed by atoms with Gasteiger partial charge in [0.1, 0.15) is 29.4 Å². The van der Waals surface area contributed by atoms with Crippen LogP contribution in [0.1, 0.15) is 5.69 Å². The molecule has 3 heterocycles. The zero-order valence-corrected chi connectivity index (χ0v) is 17.9. The van der Waals surface area contributed by atoms with E-state index in [1.165, 1.54) is 29.3 Å². The number of hydrogen-bond donors (Lipinski definition) is 4. The second-order valence-corrected chi connectivity index (χ2v) is 8.29. The standard InChI is InChI=1S/C18H17N5O7S2/c1-2-8-6-31-16-12(15(27)23(16)13(8)17(28)29)21-14(26)11(9-7-32-18(19)20-9)22-30-5-3-4-10(24)25/h2-4,7,12,16H,1,5-6H2,(H2,19,20)(H,21,26)(H,24,25)(H,28,29)/b4-3+,22-11+/t12?,16-/m1/s1. The van der Waals surface area contributed by atoms with E-state index in [1.807, 2.05) is 0 Å². The van der Waals surface area contributed by atoms with E-state index in [0.29, 0.717) is 11.3 Å². The Bertz CT molecular complexity index is 1080. The van der Waals surface area contributed by atoms with Crippen LogP contribution in [0.4, 0.5) is 5.13 Å². The molecule has 0 spiro atoms. The van der Waals surface area contributed by atoms with Crippen LogP contribution < -0.4 is 11.1 Å². The summed E-state index contributed by atoms with van der Waals surface area (Å²) in [7, 11) is 0. The number of β-lactam (4-membered cyclic amide) rings is 1. The molecule has 1 unspecified atom stereocenters. The fourth-order valence-electron chi connectivity index (χ4n) is 2.90. The number of carboxylic acids is 2.